The van der Waals surface area contributed by atoms with Gasteiger partial charge in [-0.15, -0.1) is 11.8 Å². The van der Waals surface area contributed by atoms with Crippen LogP contribution in [0.15, 0.2) is 24.3 Å². The zero-order chi connectivity index (χ0) is 14.8. The summed E-state index contributed by atoms with van der Waals surface area (Å²) in [6.07, 6.45) is 3.17. The number of benzene rings is 1. The fraction of sp³-hybridized carbons (Fsp3) is 0.562. The summed E-state index contributed by atoms with van der Waals surface area (Å²) < 4.78 is 10.9. The molecule has 0 saturated heterocycles. The van der Waals surface area contributed by atoms with Crippen molar-refractivity contribution in [2.45, 2.75) is 38.5 Å². The van der Waals surface area contributed by atoms with E-state index in [0.29, 0.717) is 12.2 Å². The van der Waals surface area contributed by atoms with E-state index in [4.69, 9.17) is 9.47 Å². The molecule has 0 bridgehead atoms. The summed E-state index contributed by atoms with van der Waals surface area (Å²) in [5, 5.41) is 0. The van der Waals surface area contributed by atoms with Crippen molar-refractivity contribution in [3.63, 3.8) is 0 Å². The first-order valence-corrected chi connectivity index (χ1v) is 8.19. The van der Waals surface area contributed by atoms with Crippen molar-refractivity contribution < 1.29 is 14.3 Å². The number of hydrogen-bond acceptors (Lipinski definition) is 4. The lowest BCUT2D eigenvalue weighted by atomic mass is 10.1. The predicted molar refractivity (Wildman–Crippen MR) is 84.7 cm³/mol. The third kappa shape index (κ3) is 5.55. The Kier molecular flexibility index (Phi) is 8.38. The van der Waals surface area contributed by atoms with Gasteiger partial charge >= 0.3 is 0 Å². The van der Waals surface area contributed by atoms with E-state index in [1.807, 2.05) is 18.2 Å². The van der Waals surface area contributed by atoms with Crippen LogP contribution < -0.4 is 4.74 Å². The molecule has 0 saturated carbocycles. The molecular weight excluding hydrogens is 272 g/mol. The van der Waals surface area contributed by atoms with Crippen molar-refractivity contribution in [1.29, 1.82) is 0 Å². The molecule has 0 radical (unpaired) electrons. The van der Waals surface area contributed by atoms with Crippen LogP contribution in [0.3, 0.4) is 0 Å². The molecule has 1 aromatic carbocycles. The summed E-state index contributed by atoms with van der Waals surface area (Å²) >= 11 is 1.56. The van der Waals surface area contributed by atoms with Crippen molar-refractivity contribution in [2.24, 2.45) is 0 Å². The standard InChI is InChI=1S/C16H24O3S/c1-4-6-11-20-16(18-3)15(17)13-8-7-9-14(12-13)19-10-5-2/h7-9,12,16H,4-6,10-11H2,1-3H3. The Labute approximate surface area is 126 Å². The molecule has 0 N–H and O–H groups in total. The number of ketones is 1. The Morgan fingerprint density at radius 1 is 1.30 bits per heavy atom. The zero-order valence-corrected chi connectivity index (χ0v) is 13.4. The molecule has 1 unspecified atom stereocenters. The first-order chi connectivity index (χ1) is 9.72. The Balaban J connectivity index is 2.68. The Bertz CT molecular complexity index is 406. The van der Waals surface area contributed by atoms with E-state index in [2.05, 4.69) is 13.8 Å². The van der Waals surface area contributed by atoms with Crippen LogP contribution in [-0.4, -0.2) is 30.7 Å². The lowest BCUT2D eigenvalue weighted by molar-refractivity contribution is 0.0794. The number of Topliss-reactive ketones (excluding diaryl/α,β-unsaturated/α-hetero) is 1. The average molecular weight is 296 g/mol. The second-order valence-corrected chi connectivity index (χ2v) is 5.70. The molecule has 1 atom stereocenters. The Hall–Kier alpha value is -1.00. The number of carbonyl (C=O) groups excluding carboxylic acids is 1. The number of rotatable bonds is 10. The highest BCUT2D eigenvalue weighted by Crippen LogP contribution is 2.21. The van der Waals surface area contributed by atoms with Gasteiger partial charge in [-0.05, 0) is 30.7 Å². The van der Waals surface area contributed by atoms with Crippen molar-refractivity contribution in [3.05, 3.63) is 29.8 Å². The summed E-state index contributed by atoms with van der Waals surface area (Å²) in [7, 11) is 1.58. The molecule has 1 rings (SSSR count). The summed E-state index contributed by atoms with van der Waals surface area (Å²) in [5.41, 5.74) is 0.220. The van der Waals surface area contributed by atoms with E-state index in [1.165, 1.54) is 0 Å². The van der Waals surface area contributed by atoms with E-state index in [-0.39, 0.29) is 5.78 Å². The van der Waals surface area contributed by atoms with Gasteiger partial charge in [0.15, 0.2) is 5.44 Å². The van der Waals surface area contributed by atoms with E-state index in [1.54, 1.807) is 24.9 Å². The molecule has 0 aliphatic carbocycles. The van der Waals surface area contributed by atoms with Gasteiger partial charge in [0.25, 0.3) is 0 Å². The molecule has 0 spiro atoms. The summed E-state index contributed by atoms with van der Waals surface area (Å²) in [5.74, 6) is 1.69. The SMILES string of the molecule is CCCCSC(OC)C(=O)c1cccc(OCCC)c1. The molecular formula is C16H24O3S. The van der Waals surface area contributed by atoms with Crippen LogP contribution in [0.25, 0.3) is 0 Å². The molecule has 0 fully saturated rings. The van der Waals surface area contributed by atoms with Gasteiger partial charge in [-0.1, -0.05) is 32.4 Å². The van der Waals surface area contributed by atoms with Crippen LogP contribution in [0.2, 0.25) is 0 Å². The first-order valence-electron chi connectivity index (χ1n) is 7.14. The van der Waals surface area contributed by atoms with Crippen molar-refractivity contribution in [2.75, 3.05) is 19.5 Å². The molecule has 20 heavy (non-hydrogen) atoms. The van der Waals surface area contributed by atoms with Gasteiger partial charge in [-0.2, -0.15) is 0 Å². The molecule has 1 aromatic rings. The smallest absolute Gasteiger partial charge is 0.201 e. The quantitative estimate of drug-likeness (QED) is 0.369. The molecule has 0 aromatic heterocycles. The highest BCUT2D eigenvalue weighted by atomic mass is 32.2. The van der Waals surface area contributed by atoms with Gasteiger partial charge in [0.2, 0.25) is 5.78 Å². The van der Waals surface area contributed by atoms with Gasteiger partial charge in [-0.25, -0.2) is 0 Å². The molecule has 0 aliphatic heterocycles. The van der Waals surface area contributed by atoms with E-state index in [0.717, 1.165) is 30.8 Å². The molecule has 0 aliphatic rings. The minimum Gasteiger partial charge on any atom is -0.494 e. The van der Waals surface area contributed by atoms with Gasteiger partial charge in [0.1, 0.15) is 5.75 Å². The third-order valence-corrected chi connectivity index (χ3v) is 4.02. The topological polar surface area (TPSA) is 35.5 Å². The second kappa shape index (κ2) is 9.83. The number of methoxy groups -OCH3 is 1. The third-order valence-electron chi connectivity index (χ3n) is 2.79. The number of hydrogen-bond donors (Lipinski definition) is 0. The summed E-state index contributed by atoms with van der Waals surface area (Å²) in [6, 6.07) is 7.33. The van der Waals surface area contributed by atoms with Crippen LogP contribution in [0, 0.1) is 0 Å². The lowest BCUT2D eigenvalue weighted by Crippen LogP contribution is -2.20. The molecule has 0 amide bonds. The van der Waals surface area contributed by atoms with Crippen LogP contribution in [0.5, 0.6) is 5.75 Å². The van der Waals surface area contributed by atoms with Crippen molar-refractivity contribution in [3.8, 4) is 5.75 Å². The highest BCUT2D eigenvalue weighted by Gasteiger charge is 2.20. The fourth-order valence-corrected chi connectivity index (χ4v) is 2.77. The maximum atomic E-state index is 12.4. The number of thioether (sulfide) groups is 1. The monoisotopic (exact) mass is 296 g/mol. The van der Waals surface area contributed by atoms with E-state index < -0.39 is 5.44 Å². The fourth-order valence-electron chi connectivity index (χ4n) is 1.68. The zero-order valence-electron chi connectivity index (χ0n) is 12.6. The van der Waals surface area contributed by atoms with Crippen molar-refractivity contribution >= 4 is 17.5 Å². The number of unbranched alkanes of at least 4 members (excludes halogenated alkanes) is 1. The highest BCUT2D eigenvalue weighted by molar-refractivity contribution is 8.00. The average Bonchev–Trinajstić information content (AvgIpc) is 2.49. The van der Waals surface area contributed by atoms with Crippen LogP contribution >= 0.6 is 11.8 Å². The largest absolute Gasteiger partial charge is 0.494 e. The summed E-state index contributed by atoms with van der Waals surface area (Å²) in [4.78, 5) is 12.4. The Morgan fingerprint density at radius 3 is 2.75 bits per heavy atom. The summed E-state index contributed by atoms with van der Waals surface area (Å²) in [6.45, 7) is 4.86. The van der Waals surface area contributed by atoms with Gasteiger partial charge in [-0.3, -0.25) is 4.79 Å². The first kappa shape index (κ1) is 17.1. The maximum absolute atomic E-state index is 12.4. The van der Waals surface area contributed by atoms with E-state index >= 15 is 0 Å². The molecule has 4 heteroatoms. The van der Waals surface area contributed by atoms with Crippen LogP contribution in [0.1, 0.15) is 43.5 Å². The van der Waals surface area contributed by atoms with Crippen LogP contribution in [0.4, 0.5) is 0 Å². The number of carbonyl (C=O) groups is 1. The minimum atomic E-state index is -0.428. The molecule has 3 nitrogen and oxygen atoms in total. The normalized spacial score (nSPS) is 12.2. The number of ether oxygens (including phenoxy) is 2. The maximum Gasteiger partial charge on any atom is 0.201 e. The minimum absolute atomic E-state index is 0.00977. The van der Waals surface area contributed by atoms with Gasteiger partial charge in [0, 0.05) is 12.7 Å². The predicted octanol–water partition coefficient (Wildman–Crippen LogP) is 4.16. The second-order valence-electron chi connectivity index (χ2n) is 4.53. The van der Waals surface area contributed by atoms with Gasteiger partial charge in [0.05, 0.1) is 6.61 Å². The lowest BCUT2D eigenvalue weighted by Gasteiger charge is -2.14. The van der Waals surface area contributed by atoms with Crippen LogP contribution in [-0.2, 0) is 4.74 Å². The molecule has 112 valence electrons. The van der Waals surface area contributed by atoms with Crippen molar-refractivity contribution in [1.82, 2.24) is 0 Å². The van der Waals surface area contributed by atoms with E-state index in [9.17, 15) is 4.79 Å². The van der Waals surface area contributed by atoms with Gasteiger partial charge < -0.3 is 9.47 Å². The molecule has 0 heterocycles. The Morgan fingerprint density at radius 2 is 2.10 bits per heavy atom.